The van der Waals surface area contributed by atoms with Crippen molar-refractivity contribution in [2.75, 3.05) is 7.11 Å². The van der Waals surface area contributed by atoms with Crippen molar-refractivity contribution in [1.82, 2.24) is 20.1 Å². The molecule has 0 aliphatic heterocycles. The zero-order chi connectivity index (χ0) is 29.2. The monoisotopic (exact) mass is 582 g/mol. The number of hydrogen-bond donors (Lipinski definition) is 2. The number of nitrogens with one attached hydrogen (secondary N) is 1. The molecular weight excluding hydrogens is 552 g/mol. The third-order valence-corrected chi connectivity index (χ3v) is 8.46. The highest BCUT2D eigenvalue weighted by atomic mass is 35.5. The van der Waals surface area contributed by atoms with Gasteiger partial charge in [-0.05, 0) is 78.6 Å². The first-order chi connectivity index (χ1) is 20.4. The van der Waals surface area contributed by atoms with Gasteiger partial charge in [0.05, 0.1) is 41.5 Å². The van der Waals surface area contributed by atoms with Crippen LogP contribution in [-0.4, -0.2) is 44.9 Å². The molecule has 6 rings (SSSR count). The predicted molar refractivity (Wildman–Crippen MR) is 163 cm³/mol. The quantitative estimate of drug-likeness (QED) is 0.210. The summed E-state index contributed by atoms with van der Waals surface area (Å²) in [5, 5.41) is 19.1. The number of hydrogen-bond acceptors (Lipinski definition) is 5. The van der Waals surface area contributed by atoms with Crippen molar-refractivity contribution < 1.29 is 19.4 Å². The van der Waals surface area contributed by atoms with Gasteiger partial charge >= 0.3 is 5.97 Å². The van der Waals surface area contributed by atoms with E-state index < -0.39 is 5.97 Å². The number of carboxylic acid groups (broad SMARTS) is 1. The molecule has 1 saturated carbocycles. The van der Waals surface area contributed by atoms with Gasteiger partial charge in [0, 0.05) is 29.3 Å². The lowest BCUT2D eigenvalue weighted by atomic mass is 9.84. The Morgan fingerprint density at radius 3 is 2.50 bits per heavy atom. The zero-order valence-electron chi connectivity index (χ0n) is 23.2. The molecule has 1 aliphatic rings. The van der Waals surface area contributed by atoms with Crippen molar-refractivity contribution in [3.8, 4) is 17.0 Å². The van der Waals surface area contributed by atoms with E-state index >= 15 is 0 Å². The molecule has 2 N–H and O–H groups in total. The van der Waals surface area contributed by atoms with E-state index in [2.05, 4.69) is 51.8 Å². The molecule has 0 atom stereocenters. The first-order valence-corrected chi connectivity index (χ1v) is 14.5. The van der Waals surface area contributed by atoms with Gasteiger partial charge < -0.3 is 15.2 Å². The summed E-state index contributed by atoms with van der Waals surface area (Å²) in [5.41, 5.74) is 5.32. The second-order valence-corrected chi connectivity index (χ2v) is 11.3. The van der Waals surface area contributed by atoms with Gasteiger partial charge in [-0.3, -0.25) is 14.3 Å². The highest BCUT2D eigenvalue weighted by Crippen LogP contribution is 2.30. The van der Waals surface area contributed by atoms with Crippen molar-refractivity contribution in [3.05, 3.63) is 89.1 Å². The van der Waals surface area contributed by atoms with E-state index in [1.807, 2.05) is 22.9 Å². The minimum absolute atomic E-state index is 0.0186. The number of aromatic nitrogens is 3. The number of carbonyl (C=O) groups excluding carboxylic acids is 1. The summed E-state index contributed by atoms with van der Waals surface area (Å²) >= 11 is 6.50. The largest absolute Gasteiger partial charge is 0.481 e. The van der Waals surface area contributed by atoms with Crippen LogP contribution in [0, 0.1) is 5.92 Å². The van der Waals surface area contributed by atoms with Crippen LogP contribution in [0.5, 0.6) is 5.88 Å². The van der Waals surface area contributed by atoms with Crippen molar-refractivity contribution in [2.45, 2.75) is 44.7 Å². The summed E-state index contributed by atoms with van der Waals surface area (Å²) in [4.78, 5) is 29.0. The maximum Gasteiger partial charge on any atom is 0.303 e. The number of fused-ring (bicyclic) bond motifs is 2. The molecule has 0 radical (unpaired) electrons. The third-order valence-electron chi connectivity index (χ3n) is 8.13. The Hall–Kier alpha value is -4.43. The lowest BCUT2D eigenvalue weighted by molar-refractivity contribution is -0.138. The molecule has 1 aliphatic carbocycles. The Morgan fingerprint density at radius 2 is 1.76 bits per heavy atom. The first-order valence-electron chi connectivity index (χ1n) is 14.1. The van der Waals surface area contributed by atoms with Crippen LogP contribution in [0.4, 0.5) is 0 Å². The lowest BCUT2D eigenvalue weighted by Crippen LogP contribution is -2.38. The van der Waals surface area contributed by atoms with Crippen molar-refractivity contribution in [3.63, 3.8) is 0 Å². The summed E-state index contributed by atoms with van der Waals surface area (Å²) in [7, 11) is 1.61. The van der Waals surface area contributed by atoms with E-state index in [9.17, 15) is 9.59 Å². The van der Waals surface area contributed by atoms with Gasteiger partial charge in [-0.2, -0.15) is 5.10 Å². The molecule has 9 heteroatoms. The third kappa shape index (κ3) is 5.81. The second kappa shape index (κ2) is 11.8. The van der Waals surface area contributed by atoms with Crippen LogP contribution in [0.25, 0.3) is 32.9 Å². The van der Waals surface area contributed by atoms with Gasteiger partial charge in [-0.15, -0.1) is 0 Å². The molecule has 5 aromatic rings. The number of rotatable bonds is 8. The molecule has 0 saturated heterocycles. The molecule has 0 spiro atoms. The second-order valence-electron chi connectivity index (χ2n) is 10.9. The van der Waals surface area contributed by atoms with Crippen LogP contribution < -0.4 is 10.1 Å². The number of halogens is 1. The molecule has 3 aromatic carbocycles. The fourth-order valence-corrected chi connectivity index (χ4v) is 6.07. The van der Waals surface area contributed by atoms with E-state index in [0.717, 1.165) is 58.7 Å². The van der Waals surface area contributed by atoms with E-state index in [4.69, 9.17) is 21.4 Å². The molecule has 214 valence electrons. The van der Waals surface area contributed by atoms with Crippen LogP contribution in [0.2, 0.25) is 5.02 Å². The maximum absolute atomic E-state index is 13.4. The zero-order valence-corrected chi connectivity index (χ0v) is 24.0. The summed E-state index contributed by atoms with van der Waals surface area (Å²) in [5.74, 6) is -0.165. The van der Waals surface area contributed by atoms with Crippen molar-refractivity contribution in [1.29, 1.82) is 0 Å². The normalized spacial score (nSPS) is 16.9. The number of carbonyl (C=O) groups is 2. The van der Waals surface area contributed by atoms with Crippen LogP contribution in [0.15, 0.2) is 72.9 Å². The van der Waals surface area contributed by atoms with Crippen LogP contribution in [-0.2, 0) is 11.3 Å². The van der Waals surface area contributed by atoms with Crippen LogP contribution >= 0.6 is 11.6 Å². The summed E-state index contributed by atoms with van der Waals surface area (Å²) in [6, 6.07) is 21.8. The Bertz CT molecular complexity index is 1780. The first kappa shape index (κ1) is 27.7. The minimum Gasteiger partial charge on any atom is -0.481 e. The highest BCUT2D eigenvalue weighted by molar-refractivity contribution is 6.36. The Balaban J connectivity index is 1.20. The van der Waals surface area contributed by atoms with E-state index in [0.29, 0.717) is 28.5 Å². The highest BCUT2D eigenvalue weighted by Gasteiger charge is 2.25. The SMILES string of the molecule is COc1ccc2cc(-c3ccc(Cn4ncc5c(Cl)ccc(C(=O)NC6CCC(CC(=O)O)CC6)c54)cc3)ccc2n1. The van der Waals surface area contributed by atoms with Crippen molar-refractivity contribution >= 4 is 45.3 Å². The fourth-order valence-electron chi connectivity index (χ4n) is 5.87. The lowest BCUT2D eigenvalue weighted by Gasteiger charge is -2.28. The molecule has 42 heavy (non-hydrogen) atoms. The van der Waals surface area contributed by atoms with Crippen LogP contribution in [0.3, 0.4) is 0 Å². The van der Waals surface area contributed by atoms with E-state index in [1.165, 1.54) is 0 Å². The average molecular weight is 583 g/mol. The standard InChI is InChI=1S/C33H31ClN4O4/c1-42-30-15-9-24-17-23(8-14-29(24)37-30)22-6-2-21(3-7-22)19-38-32-26(12-13-28(34)27(32)18-35-38)33(41)36-25-10-4-20(5-11-25)16-31(39)40/h2-3,6-9,12-15,17-18,20,25H,4-5,10-11,16,19H2,1H3,(H,36,41)(H,39,40). The van der Waals surface area contributed by atoms with Crippen LogP contribution in [0.1, 0.15) is 48.0 Å². The topological polar surface area (TPSA) is 106 Å². The summed E-state index contributed by atoms with van der Waals surface area (Å²) in [6.07, 6.45) is 5.03. The van der Waals surface area contributed by atoms with Gasteiger partial charge in [-0.25, -0.2) is 4.98 Å². The fraction of sp³-hybridized carbons (Fsp3) is 0.273. The molecule has 2 aromatic heterocycles. The summed E-state index contributed by atoms with van der Waals surface area (Å²) in [6.45, 7) is 0.478. The predicted octanol–water partition coefficient (Wildman–Crippen LogP) is 6.73. The van der Waals surface area contributed by atoms with Gasteiger partial charge in [0.1, 0.15) is 0 Å². The number of carboxylic acids is 1. The Kier molecular flexibility index (Phi) is 7.80. The number of ether oxygens (including phenoxy) is 1. The van der Waals surface area contributed by atoms with Gasteiger partial charge in [0.25, 0.3) is 5.91 Å². The molecule has 2 heterocycles. The number of amides is 1. The van der Waals surface area contributed by atoms with Crippen molar-refractivity contribution in [2.24, 2.45) is 5.92 Å². The number of aliphatic carboxylic acids is 1. The van der Waals surface area contributed by atoms with E-state index in [1.54, 1.807) is 25.4 Å². The number of pyridine rings is 1. The average Bonchev–Trinajstić information content (AvgIpc) is 3.42. The van der Waals surface area contributed by atoms with E-state index in [-0.39, 0.29) is 24.3 Å². The minimum atomic E-state index is -0.762. The maximum atomic E-state index is 13.4. The molecule has 1 fully saturated rings. The molecule has 0 bridgehead atoms. The Labute approximate surface area is 248 Å². The molecule has 1 amide bonds. The summed E-state index contributed by atoms with van der Waals surface area (Å²) < 4.78 is 7.05. The molecular formula is C33H31ClN4O4. The van der Waals surface area contributed by atoms with Gasteiger partial charge in [-0.1, -0.05) is 41.9 Å². The smallest absolute Gasteiger partial charge is 0.303 e. The molecule has 8 nitrogen and oxygen atoms in total. The molecule has 0 unspecified atom stereocenters. The van der Waals surface area contributed by atoms with Gasteiger partial charge in [0.2, 0.25) is 5.88 Å². The number of methoxy groups -OCH3 is 1. The van der Waals surface area contributed by atoms with Gasteiger partial charge in [0.15, 0.2) is 0 Å². The Morgan fingerprint density at radius 1 is 1.00 bits per heavy atom. The number of nitrogens with zero attached hydrogens (tertiary/aromatic N) is 3. The number of benzene rings is 3.